The van der Waals surface area contributed by atoms with Crippen molar-refractivity contribution < 1.29 is 9.13 Å². The predicted octanol–water partition coefficient (Wildman–Crippen LogP) is 3.32. The standard InChI is InChI=1S/C25H40FN5O.HI/c1-27-25(29-23-8-13-30(14-9-23)17-21-10-15-32-19-21)28-16-20-6-11-31(12-7-20)18-22-4-2-3-5-24(22)26;/h2-5,20-21,23H,6-19H2,1H3,(H2,27,28,29);1H. The molecule has 0 spiro atoms. The average molecular weight is 574 g/mol. The Hall–Kier alpha value is -0.970. The van der Waals surface area contributed by atoms with E-state index in [1.54, 1.807) is 12.1 Å². The van der Waals surface area contributed by atoms with Gasteiger partial charge in [0.1, 0.15) is 5.82 Å². The molecular formula is C25H41FIN5O. The Bertz CT molecular complexity index is 729. The van der Waals surface area contributed by atoms with Gasteiger partial charge in [0.2, 0.25) is 0 Å². The molecule has 1 aromatic carbocycles. The van der Waals surface area contributed by atoms with E-state index in [9.17, 15) is 4.39 Å². The predicted molar refractivity (Wildman–Crippen MR) is 143 cm³/mol. The number of hydrogen-bond acceptors (Lipinski definition) is 4. The summed E-state index contributed by atoms with van der Waals surface area (Å²) < 4.78 is 19.4. The van der Waals surface area contributed by atoms with Crippen LogP contribution in [0.5, 0.6) is 0 Å². The summed E-state index contributed by atoms with van der Waals surface area (Å²) in [6, 6.07) is 7.63. The third-order valence-electron chi connectivity index (χ3n) is 7.31. The highest BCUT2D eigenvalue weighted by Gasteiger charge is 2.25. The number of guanidine groups is 1. The minimum Gasteiger partial charge on any atom is -0.381 e. The number of ether oxygens (including phenoxy) is 1. The van der Waals surface area contributed by atoms with Gasteiger partial charge in [-0.3, -0.25) is 9.89 Å². The smallest absolute Gasteiger partial charge is 0.191 e. The fraction of sp³-hybridized carbons (Fsp3) is 0.720. The number of nitrogens with one attached hydrogen (secondary N) is 2. The van der Waals surface area contributed by atoms with Crippen LogP contribution >= 0.6 is 24.0 Å². The number of nitrogens with zero attached hydrogens (tertiary/aromatic N) is 3. The molecule has 0 aromatic heterocycles. The van der Waals surface area contributed by atoms with Gasteiger partial charge in [-0.15, -0.1) is 24.0 Å². The second-order valence-electron chi connectivity index (χ2n) is 9.71. The van der Waals surface area contributed by atoms with Crippen molar-refractivity contribution in [2.75, 3.05) is 59.5 Å². The molecule has 3 aliphatic heterocycles. The Morgan fingerprint density at radius 3 is 2.42 bits per heavy atom. The van der Waals surface area contributed by atoms with Crippen molar-refractivity contribution >= 4 is 29.9 Å². The van der Waals surface area contributed by atoms with Gasteiger partial charge in [0.05, 0.1) is 6.61 Å². The van der Waals surface area contributed by atoms with Crippen LogP contribution in [0.25, 0.3) is 0 Å². The molecule has 3 saturated heterocycles. The molecule has 3 heterocycles. The van der Waals surface area contributed by atoms with E-state index < -0.39 is 0 Å². The maximum Gasteiger partial charge on any atom is 0.191 e. The average Bonchev–Trinajstić information content (AvgIpc) is 3.33. The van der Waals surface area contributed by atoms with Crippen LogP contribution in [0.3, 0.4) is 0 Å². The topological polar surface area (TPSA) is 52.1 Å². The number of rotatable bonds is 7. The highest BCUT2D eigenvalue weighted by Crippen LogP contribution is 2.20. The second kappa shape index (κ2) is 13.8. The van der Waals surface area contributed by atoms with Crippen LogP contribution in [-0.4, -0.2) is 81.3 Å². The molecule has 186 valence electrons. The molecule has 6 nitrogen and oxygen atoms in total. The van der Waals surface area contributed by atoms with Crippen LogP contribution in [0.1, 0.15) is 37.7 Å². The molecule has 3 aliphatic rings. The first-order chi connectivity index (χ1) is 15.7. The first-order valence-corrected chi connectivity index (χ1v) is 12.4. The van der Waals surface area contributed by atoms with Crippen LogP contribution in [0.2, 0.25) is 0 Å². The van der Waals surface area contributed by atoms with E-state index in [1.165, 1.54) is 25.8 Å². The summed E-state index contributed by atoms with van der Waals surface area (Å²) in [5.41, 5.74) is 0.802. The van der Waals surface area contributed by atoms with Crippen molar-refractivity contribution in [3.8, 4) is 0 Å². The maximum absolute atomic E-state index is 13.9. The molecule has 1 unspecified atom stereocenters. The number of likely N-dealkylation sites (tertiary alicyclic amines) is 2. The van der Waals surface area contributed by atoms with Crippen molar-refractivity contribution in [3.05, 3.63) is 35.6 Å². The zero-order valence-electron chi connectivity index (χ0n) is 20.0. The number of aliphatic imine (C=N–C) groups is 1. The Morgan fingerprint density at radius 1 is 1.03 bits per heavy atom. The first-order valence-electron chi connectivity index (χ1n) is 12.4. The summed E-state index contributed by atoms with van der Waals surface area (Å²) >= 11 is 0. The Balaban J connectivity index is 0.00000306. The fourth-order valence-electron chi connectivity index (χ4n) is 5.20. The highest BCUT2D eigenvalue weighted by molar-refractivity contribution is 14.0. The van der Waals surface area contributed by atoms with E-state index in [-0.39, 0.29) is 29.8 Å². The van der Waals surface area contributed by atoms with Crippen LogP contribution in [0.15, 0.2) is 29.3 Å². The molecular weight excluding hydrogens is 532 g/mol. The van der Waals surface area contributed by atoms with E-state index in [0.29, 0.717) is 18.5 Å². The molecule has 0 amide bonds. The van der Waals surface area contributed by atoms with E-state index in [0.717, 1.165) is 76.2 Å². The molecule has 8 heteroatoms. The van der Waals surface area contributed by atoms with E-state index >= 15 is 0 Å². The zero-order valence-corrected chi connectivity index (χ0v) is 22.3. The SMILES string of the molecule is CN=C(NCC1CCN(Cc2ccccc2F)CC1)NC1CCN(CC2CCOC2)CC1.I. The van der Waals surface area contributed by atoms with Crippen molar-refractivity contribution in [1.82, 2.24) is 20.4 Å². The minimum absolute atomic E-state index is 0. The number of benzene rings is 1. The normalized spacial score (nSPS) is 23.9. The van der Waals surface area contributed by atoms with Gasteiger partial charge in [0.15, 0.2) is 5.96 Å². The molecule has 0 saturated carbocycles. The largest absolute Gasteiger partial charge is 0.381 e. The van der Waals surface area contributed by atoms with Gasteiger partial charge in [-0.2, -0.15) is 0 Å². The van der Waals surface area contributed by atoms with Gasteiger partial charge in [-0.1, -0.05) is 18.2 Å². The lowest BCUT2D eigenvalue weighted by Crippen LogP contribution is -2.50. The molecule has 0 aliphatic carbocycles. The van der Waals surface area contributed by atoms with Gasteiger partial charge in [0.25, 0.3) is 0 Å². The van der Waals surface area contributed by atoms with E-state index in [2.05, 4.69) is 25.4 Å². The molecule has 1 aromatic rings. The lowest BCUT2D eigenvalue weighted by atomic mass is 9.96. The van der Waals surface area contributed by atoms with Gasteiger partial charge >= 0.3 is 0 Å². The Morgan fingerprint density at radius 2 is 1.76 bits per heavy atom. The first kappa shape index (κ1) is 26.6. The van der Waals surface area contributed by atoms with Crippen molar-refractivity contribution in [1.29, 1.82) is 0 Å². The molecule has 3 fully saturated rings. The Kier molecular flexibility index (Phi) is 11.1. The fourth-order valence-corrected chi connectivity index (χ4v) is 5.20. The summed E-state index contributed by atoms with van der Waals surface area (Å²) in [5, 5.41) is 7.20. The minimum atomic E-state index is -0.0930. The third kappa shape index (κ3) is 8.33. The molecule has 0 bridgehead atoms. The highest BCUT2D eigenvalue weighted by atomic mass is 127. The lowest BCUT2D eigenvalue weighted by molar-refractivity contribution is 0.150. The van der Waals surface area contributed by atoms with Gasteiger partial charge < -0.3 is 20.3 Å². The molecule has 1 atom stereocenters. The number of hydrogen-bond donors (Lipinski definition) is 2. The Labute approximate surface area is 215 Å². The van der Waals surface area contributed by atoms with Crippen LogP contribution in [-0.2, 0) is 11.3 Å². The van der Waals surface area contributed by atoms with Crippen LogP contribution in [0, 0.1) is 17.7 Å². The van der Waals surface area contributed by atoms with Gasteiger partial charge in [0, 0.05) is 58.0 Å². The quantitative estimate of drug-likeness (QED) is 0.298. The van der Waals surface area contributed by atoms with E-state index in [4.69, 9.17) is 4.74 Å². The summed E-state index contributed by atoms with van der Waals surface area (Å²) in [7, 11) is 1.86. The van der Waals surface area contributed by atoms with Crippen molar-refractivity contribution in [2.45, 2.75) is 44.7 Å². The van der Waals surface area contributed by atoms with Crippen molar-refractivity contribution in [3.63, 3.8) is 0 Å². The summed E-state index contributed by atoms with van der Waals surface area (Å²) in [6.07, 6.45) is 5.84. The summed E-state index contributed by atoms with van der Waals surface area (Å²) in [5.74, 6) is 2.21. The number of halogens is 2. The van der Waals surface area contributed by atoms with Crippen LogP contribution < -0.4 is 10.6 Å². The molecule has 2 N–H and O–H groups in total. The molecule has 33 heavy (non-hydrogen) atoms. The molecule has 4 rings (SSSR count). The summed E-state index contributed by atoms with van der Waals surface area (Å²) in [4.78, 5) is 9.43. The monoisotopic (exact) mass is 573 g/mol. The van der Waals surface area contributed by atoms with Crippen LogP contribution in [0.4, 0.5) is 4.39 Å². The molecule has 0 radical (unpaired) electrons. The maximum atomic E-state index is 13.9. The second-order valence-corrected chi connectivity index (χ2v) is 9.71. The van der Waals surface area contributed by atoms with Gasteiger partial charge in [-0.05, 0) is 63.1 Å². The third-order valence-corrected chi connectivity index (χ3v) is 7.31. The summed E-state index contributed by atoms with van der Waals surface area (Å²) in [6.45, 7) is 9.10. The van der Waals surface area contributed by atoms with E-state index in [1.807, 2.05) is 19.2 Å². The zero-order chi connectivity index (χ0) is 22.2. The van der Waals surface area contributed by atoms with Crippen molar-refractivity contribution in [2.24, 2.45) is 16.8 Å². The lowest BCUT2D eigenvalue weighted by Gasteiger charge is -2.35. The number of piperidine rings is 2. The van der Waals surface area contributed by atoms with Gasteiger partial charge in [-0.25, -0.2) is 4.39 Å².